The molecule has 28 heavy (non-hydrogen) atoms. The van der Waals surface area contributed by atoms with Gasteiger partial charge in [-0.15, -0.1) is 11.3 Å². The van der Waals surface area contributed by atoms with Crippen LogP contribution in [-0.2, 0) is 6.54 Å². The first-order valence-electron chi connectivity index (χ1n) is 8.20. The molecule has 142 valence electrons. The third-order valence-electron chi connectivity index (χ3n) is 4.14. The number of fused-ring (bicyclic) bond motifs is 1. The number of aromatic nitrogens is 4. The Morgan fingerprint density at radius 1 is 1.39 bits per heavy atom. The van der Waals surface area contributed by atoms with E-state index in [1.807, 2.05) is 25.1 Å². The maximum absolute atomic E-state index is 12.9. The number of hydrogen-bond acceptors (Lipinski definition) is 5. The fourth-order valence-corrected chi connectivity index (χ4v) is 4.04. The number of nitrogens with zero attached hydrogens (tertiary/aromatic N) is 4. The highest BCUT2D eigenvalue weighted by Crippen LogP contribution is 2.25. The number of imidazole rings is 1. The van der Waals surface area contributed by atoms with Gasteiger partial charge in [-0.05, 0) is 41.1 Å². The number of thiazole rings is 1. The van der Waals surface area contributed by atoms with Crippen LogP contribution in [0.4, 0.5) is 5.82 Å². The molecule has 0 atom stereocenters. The Bertz CT molecular complexity index is 1210. The lowest BCUT2D eigenvalue weighted by molar-refractivity contribution is -0.513. The van der Waals surface area contributed by atoms with E-state index in [2.05, 4.69) is 31.2 Å². The van der Waals surface area contributed by atoms with E-state index in [9.17, 15) is 9.90 Å². The van der Waals surface area contributed by atoms with Gasteiger partial charge in [0.1, 0.15) is 12.4 Å². The number of amides is 1. The van der Waals surface area contributed by atoms with Crippen LogP contribution in [0, 0.1) is 6.92 Å². The van der Waals surface area contributed by atoms with E-state index in [4.69, 9.17) is 11.6 Å². The lowest BCUT2D eigenvalue weighted by atomic mass is 10.3. The molecule has 0 aliphatic heterocycles. The van der Waals surface area contributed by atoms with Crippen LogP contribution in [-0.4, -0.2) is 25.5 Å². The number of nitrogens with one attached hydrogen (secondary N) is 1. The van der Waals surface area contributed by atoms with E-state index >= 15 is 0 Å². The fourth-order valence-electron chi connectivity index (χ4n) is 2.86. The zero-order valence-electron chi connectivity index (χ0n) is 14.6. The molecule has 4 aromatic rings. The fraction of sp³-hybridized carbons (Fsp3) is 0.111. The van der Waals surface area contributed by atoms with Crippen molar-refractivity contribution in [2.45, 2.75) is 13.5 Å². The normalized spacial score (nSPS) is 11.1. The van der Waals surface area contributed by atoms with Crippen molar-refractivity contribution in [3.8, 4) is 5.88 Å². The van der Waals surface area contributed by atoms with Crippen LogP contribution in [0.1, 0.15) is 21.1 Å². The predicted octanol–water partition coefficient (Wildman–Crippen LogP) is 3.81. The van der Waals surface area contributed by atoms with Crippen molar-refractivity contribution < 1.29 is 14.3 Å². The molecule has 4 rings (SSSR count). The van der Waals surface area contributed by atoms with E-state index in [0.29, 0.717) is 22.5 Å². The number of aryl methyl sites for hydroxylation is 1. The van der Waals surface area contributed by atoms with Crippen LogP contribution in [0.5, 0.6) is 5.88 Å². The predicted molar refractivity (Wildman–Crippen MR) is 110 cm³/mol. The van der Waals surface area contributed by atoms with Gasteiger partial charge in [-0.25, -0.2) is 9.97 Å². The van der Waals surface area contributed by atoms with E-state index in [1.54, 1.807) is 33.5 Å². The van der Waals surface area contributed by atoms with Crippen molar-refractivity contribution in [3.63, 3.8) is 0 Å². The molecular weight excluding hydrogens is 466 g/mol. The van der Waals surface area contributed by atoms with Crippen molar-refractivity contribution in [1.29, 1.82) is 0 Å². The summed E-state index contributed by atoms with van der Waals surface area (Å²) in [6, 6.07) is 8.95. The highest BCUT2D eigenvalue weighted by molar-refractivity contribution is 9.10. The zero-order valence-corrected chi connectivity index (χ0v) is 17.7. The van der Waals surface area contributed by atoms with Gasteiger partial charge in [-0.1, -0.05) is 17.7 Å². The van der Waals surface area contributed by atoms with E-state index in [1.165, 1.54) is 11.3 Å². The molecule has 2 N–H and O–H groups in total. The molecule has 10 heteroatoms. The van der Waals surface area contributed by atoms with Gasteiger partial charge in [0.15, 0.2) is 4.47 Å². The minimum atomic E-state index is -0.464. The molecule has 0 saturated carbocycles. The Morgan fingerprint density at radius 3 is 2.93 bits per heavy atom. The monoisotopic (exact) mass is 478 g/mol. The molecular formula is C18H14BrClN5O2S+. The van der Waals surface area contributed by atoms with Gasteiger partial charge in [0.2, 0.25) is 0 Å². The van der Waals surface area contributed by atoms with Crippen molar-refractivity contribution in [1.82, 2.24) is 14.5 Å². The highest BCUT2D eigenvalue weighted by Gasteiger charge is 2.31. The minimum Gasteiger partial charge on any atom is -0.474 e. The average molecular weight is 480 g/mol. The molecule has 0 aromatic carbocycles. The topological polar surface area (TPSA) is 84.1 Å². The quantitative estimate of drug-likeness (QED) is 0.436. The van der Waals surface area contributed by atoms with Crippen LogP contribution in [0.2, 0.25) is 4.47 Å². The number of anilines is 1. The molecule has 0 saturated heterocycles. The molecule has 1 amide bonds. The lowest BCUT2D eigenvalue weighted by Gasteiger charge is -2.04. The number of rotatable bonds is 4. The van der Waals surface area contributed by atoms with E-state index in [0.717, 1.165) is 15.0 Å². The summed E-state index contributed by atoms with van der Waals surface area (Å²) in [6.45, 7) is 2.17. The third kappa shape index (κ3) is 3.48. The molecule has 0 fully saturated rings. The standard InChI is InChI=1S/C18H13BrClN5O2S/c1-10-12(19)5-6-13(22-10)23-16(26)15-17(27)25(9-11-8-21-18(20)28-11)14-4-2-3-7-24(14)15/h2-8H,9H2,1H3,(H-,22,23,26,27)/p+1. The van der Waals surface area contributed by atoms with Gasteiger partial charge < -0.3 is 10.4 Å². The molecule has 0 radical (unpaired) electrons. The second-order valence-electron chi connectivity index (χ2n) is 5.98. The first kappa shape index (κ1) is 18.9. The third-order valence-corrected chi connectivity index (χ3v) is 6.08. The van der Waals surface area contributed by atoms with Crippen LogP contribution in [0.3, 0.4) is 0 Å². The molecule has 4 heterocycles. The first-order chi connectivity index (χ1) is 13.4. The summed E-state index contributed by atoms with van der Waals surface area (Å²) >= 11 is 10.6. The Labute approximate surface area is 177 Å². The lowest BCUT2D eigenvalue weighted by Crippen LogP contribution is -2.30. The maximum Gasteiger partial charge on any atom is 0.337 e. The zero-order chi connectivity index (χ0) is 19.8. The molecule has 4 aromatic heterocycles. The number of aromatic hydroxyl groups is 1. The van der Waals surface area contributed by atoms with Gasteiger partial charge >= 0.3 is 11.8 Å². The Balaban J connectivity index is 1.75. The number of carbonyl (C=O) groups excluding carboxylic acids is 1. The Kier molecular flexibility index (Phi) is 5.05. The van der Waals surface area contributed by atoms with Crippen molar-refractivity contribution >= 4 is 56.2 Å². The maximum atomic E-state index is 12.9. The molecule has 0 aliphatic carbocycles. The first-order valence-corrected chi connectivity index (χ1v) is 10.2. The number of carbonyl (C=O) groups is 1. The van der Waals surface area contributed by atoms with Crippen molar-refractivity contribution in [2.24, 2.45) is 0 Å². The van der Waals surface area contributed by atoms with E-state index < -0.39 is 5.91 Å². The van der Waals surface area contributed by atoms with Crippen molar-refractivity contribution in [3.05, 3.63) is 67.9 Å². The SMILES string of the molecule is Cc1nc(NC(=O)c2c(O)n(Cc3cnc(Cl)s3)c3cccc[n+]23)ccc1Br. The van der Waals surface area contributed by atoms with Crippen LogP contribution >= 0.6 is 38.9 Å². The summed E-state index contributed by atoms with van der Waals surface area (Å²) in [6.07, 6.45) is 3.38. The van der Waals surface area contributed by atoms with Crippen LogP contribution in [0.15, 0.2) is 47.2 Å². The average Bonchev–Trinajstić information content (AvgIpc) is 3.20. The molecule has 0 spiro atoms. The van der Waals surface area contributed by atoms with Crippen LogP contribution < -0.4 is 9.72 Å². The summed E-state index contributed by atoms with van der Waals surface area (Å²) in [7, 11) is 0. The highest BCUT2D eigenvalue weighted by atomic mass is 79.9. The minimum absolute atomic E-state index is 0.119. The summed E-state index contributed by atoms with van der Waals surface area (Å²) in [5, 5.41) is 13.6. The number of pyridine rings is 2. The Hall–Kier alpha value is -2.49. The molecule has 7 nitrogen and oxygen atoms in total. The molecule has 0 bridgehead atoms. The summed E-state index contributed by atoms with van der Waals surface area (Å²) in [5.74, 6) is -0.215. The van der Waals surface area contributed by atoms with Crippen molar-refractivity contribution in [2.75, 3.05) is 5.32 Å². The summed E-state index contributed by atoms with van der Waals surface area (Å²) in [4.78, 5) is 22.1. The summed E-state index contributed by atoms with van der Waals surface area (Å²) in [5.41, 5.74) is 1.53. The van der Waals surface area contributed by atoms with Gasteiger partial charge in [0.05, 0.1) is 16.8 Å². The van der Waals surface area contributed by atoms with Gasteiger partial charge in [0.25, 0.3) is 11.3 Å². The molecule has 0 unspecified atom stereocenters. The smallest absolute Gasteiger partial charge is 0.337 e. The second kappa shape index (κ2) is 7.50. The summed E-state index contributed by atoms with van der Waals surface area (Å²) < 4.78 is 4.55. The van der Waals surface area contributed by atoms with Crippen LogP contribution in [0.25, 0.3) is 5.65 Å². The molecule has 0 aliphatic rings. The van der Waals surface area contributed by atoms with Gasteiger partial charge in [-0.3, -0.25) is 4.79 Å². The number of hydrogen-bond donors (Lipinski definition) is 2. The Morgan fingerprint density at radius 2 is 2.21 bits per heavy atom. The van der Waals surface area contributed by atoms with Gasteiger partial charge in [0, 0.05) is 16.7 Å². The van der Waals surface area contributed by atoms with E-state index in [-0.39, 0.29) is 11.6 Å². The second-order valence-corrected chi connectivity index (χ2v) is 8.54. The van der Waals surface area contributed by atoms with Gasteiger partial charge in [-0.2, -0.15) is 8.97 Å². The largest absolute Gasteiger partial charge is 0.474 e. The number of halogens is 2.